The van der Waals surface area contributed by atoms with Crippen LogP contribution < -0.4 is 5.32 Å². The summed E-state index contributed by atoms with van der Waals surface area (Å²) in [5, 5.41) is 23.2. The van der Waals surface area contributed by atoms with Gasteiger partial charge in [0.1, 0.15) is 0 Å². The zero-order chi connectivity index (χ0) is 59.2. The molecular formula is C76H145NO5. The van der Waals surface area contributed by atoms with Gasteiger partial charge in [-0.2, -0.15) is 0 Å². The van der Waals surface area contributed by atoms with Gasteiger partial charge in [-0.25, -0.2) is 0 Å². The smallest absolute Gasteiger partial charge is 0.305 e. The molecule has 0 aromatic rings. The Balaban J connectivity index is 3.35. The normalized spacial score (nSPS) is 12.7. The van der Waals surface area contributed by atoms with Gasteiger partial charge in [0.05, 0.1) is 25.4 Å². The quantitative estimate of drug-likeness (QED) is 0.0320. The van der Waals surface area contributed by atoms with Gasteiger partial charge in [0, 0.05) is 12.8 Å². The number of aliphatic hydroxyl groups excluding tert-OH is 2. The molecule has 0 aliphatic carbocycles. The summed E-state index contributed by atoms with van der Waals surface area (Å²) in [4.78, 5) is 24.6. The van der Waals surface area contributed by atoms with Crippen molar-refractivity contribution in [1.29, 1.82) is 0 Å². The van der Waals surface area contributed by atoms with E-state index in [0.29, 0.717) is 19.4 Å². The maximum absolute atomic E-state index is 12.5. The fraction of sp³-hybridized carbons (Fsp3) is 0.895. The molecule has 0 aromatic carbocycles. The van der Waals surface area contributed by atoms with E-state index in [4.69, 9.17) is 4.74 Å². The molecule has 1 amide bonds. The number of hydrogen-bond acceptors (Lipinski definition) is 5. The molecule has 484 valence electrons. The van der Waals surface area contributed by atoms with Crippen LogP contribution in [0.5, 0.6) is 0 Å². The SMILES string of the molecule is CCCCCC/C=C\C/C=C\CCCCCCCC(=O)OCCCCCCCCCCCCCCCCCCCCCCCCCCCCCCCCCC(=O)NC(CO)C(O)/C=C/CCCCCCCCCCCCCCCCCC. The molecule has 0 aliphatic heterocycles. The number of rotatable bonds is 70. The molecule has 0 heterocycles. The van der Waals surface area contributed by atoms with Crippen LogP contribution in [0.25, 0.3) is 0 Å². The third kappa shape index (κ3) is 67.2. The summed E-state index contributed by atoms with van der Waals surface area (Å²) in [5.74, 6) is -0.0530. The van der Waals surface area contributed by atoms with E-state index >= 15 is 0 Å². The Kier molecular flexibility index (Phi) is 69.9. The number of aliphatic hydroxyl groups is 2. The van der Waals surface area contributed by atoms with Gasteiger partial charge in [-0.15, -0.1) is 0 Å². The lowest BCUT2D eigenvalue weighted by Crippen LogP contribution is -2.45. The highest BCUT2D eigenvalue weighted by molar-refractivity contribution is 5.76. The molecular weight excluding hydrogens is 1010 g/mol. The van der Waals surface area contributed by atoms with Gasteiger partial charge in [0.15, 0.2) is 0 Å². The van der Waals surface area contributed by atoms with E-state index in [0.717, 1.165) is 51.4 Å². The Hall–Kier alpha value is -1.92. The van der Waals surface area contributed by atoms with Crippen molar-refractivity contribution in [3.63, 3.8) is 0 Å². The molecule has 2 unspecified atom stereocenters. The van der Waals surface area contributed by atoms with Crippen LogP contribution in [-0.2, 0) is 14.3 Å². The molecule has 0 saturated heterocycles. The topological polar surface area (TPSA) is 95.9 Å². The maximum atomic E-state index is 12.5. The van der Waals surface area contributed by atoms with Crippen molar-refractivity contribution in [2.45, 2.75) is 424 Å². The first-order valence-electron chi connectivity index (χ1n) is 37.3. The van der Waals surface area contributed by atoms with E-state index in [-0.39, 0.29) is 18.5 Å². The first-order chi connectivity index (χ1) is 40.5. The zero-order valence-corrected chi connectivity index (χ0v) is 55.5. The first kappa shape index (κ1) is 80.1. The Labute approximate surface area is 513 Å². The second kappa shape index (κ2) is 71.6. The zero-order valence-electron chi connectivity index (χ0n) is 55.5. The van der Waals surface area contributed by atoms with E-state index in [1.165, 1.54) is 334 Å². The first-order valence-corrected chi connectivity index (χ1v) is 37.3. The van der Waals surface area contributed by atoms with Gasteiger partial charge in [0.2, 0.25) is 5.91 Å². The molecule has 0 saturated carbocycles. The van der Waals surface area contributed by atoms with Gasteiger partial charge in [-0.1, -0.05) is 371 Å². The highest BCUT2D eigenvalue weighted by Gasteiger charge is 2.18. The monoisotopic (exact) mass is 1150 g/mol. The van der Waals surface area contributed by atoms with E-state index < -0.39 is 12.1 Å². The summed E-state index contributed by atoms with van der Waals surface area (Å²) in [5.41, 5.74) is 0. The van der Waals surface area contributed by atoms with Gasteiger partial charge in [0.25, 0.3) is 0 Å². The van der Waals surface area contributed by atoms with Crippen molar-refractivity contribution < 1.29 is 24.5 Å². The molecule has 6 nitrogen and oxygen atoms in total. The predicted octanol–water partition coefficient (Wildman–Crippen LogP) is 24.3. The second-order valence-corrected chi connectivity index (χ2v) is 25.6. The van der Waals surface area contributed by atoms with Crippen LogP contribution >= 0.6 is 0 Å². The lowest BCUT2D eigenvalue weighted by molar-refractivity contribution is -0.143. The summed E-state index contributed by atoms with van der Waals surface area (Å²) in [6.07, 6.45) is 92.4. The van der Waals surface area contributed by atoms with Crippen molar-refractivity contribution >= 4 is 11.9 Å². The second-order valence-electron chi connectivity index (χ2n) is 25.6. The number of nitrogens with one attached hydrogen (secondary N) is 1. The number of carbonyl (C=O) groups excluding carboxylic acids is 2. The molecule has 0 fully saturated rings. The summed E-state index contributed by atoms with van der Waals surface area (Å²) in [6, 6.07) is -0.625. The molecule has 3 N–H and O–H groups in total. The van der Waals surface area contributed by atoms with Crippen molar-refractivity contribution in [1.82, 2.24) is 5.32 Å². The molecule has 0 rings (SSSR count). The highest BCUT2D eigenvalue weighted by atomic mass is 16.5. The Morgan fingerprint density at radius 1 is 0.341 bits per heavy atom. The fourth-order valence-electron chi connectivity index (χ4n) is 11.7. The van der Waals surface area contributed by atoms with Gasteiger partial charge in [-0.05, 0) is 64.2 Å². The standard InChI is InChI=1S/C76H145NO5/c1-3-5-7-9-11-13-15-17-19-21-37-40-44-48-52-56-60-64-68-74(79)73(72-78)77-75(80)69-65-61-57-53-49-45-41-38-35-33-31-29-27-25-23-22-24-26-28-30-32-34-36-39-43-47-51-55-59-63-67-71-82-76(81)70-66-62-58-54-50-46-42-20-18-16-14-12-10-8-6-4-2/h14,16,20,42,64,68,73-74,78-79H,3-13,15,17-19,21-41,43-63,65-67,69-72H2,1-2H3,(H,77,80)/b16-14-,42-20-,68-64+. The van der Waals surface area contributed by atoms with E-state index in [2.05, 4.69) is 43.5 Å². The largest absolute Gasteiger partial charge is 0.466 e. The number of ether oxygens (including phenoxy) is 1. The average molecular weight is 1150 g/mol. The molecule has 0 aromatic heterocycles. The van der Waals surface area contributed by atoms with Gasteiger partial charge < -0.3 is 20.3 Å². The van der Waals surface area contributed by atoms with Crippen molar-refractivity contribution in [3.05, 3.63) is 36.5 Å². The number of carbonyl (C=O) groups is 2. The minimum atomic E-state index is -0.842. The lowest BCUT2D eigenvalue weighted by Gasteiger charge is -2.20. The van der Waals surface area contributed by atoms with Crippen LogP contribution in [0.15, 0.2) is 36.5 Å². The molecule has 0 aliphatic rings. The van der Waals surface area contributed by atoms with Crippen LogP contribution in [0.3, 0.4) is 0 Å². The number of hydrogen-bond donors (Lipinski definition) is 3. The molecule has 82 heavy (non-hydrogen) atoms. The summed E-state index contributed by atoms with van der Waals surface area (Å²) >= 11 is 0. The molecule has 2 atom stereocenters. The highest BCUT2D eigenvalue weighted by Crippen LogP contribution is 2.19. The summed E-state index contributed by atoms with van der Waals surface area (Å²) < 4.78 is 5.50. The minimum absolute atomic E-state index is 0.00739. The molecule has 0 spiro atoms. The number of amides is 1. The van der Waals surface area contributed by atoms with Crippen LogP contribution in [-0.4, -0.2) is 47.4 Å². The summed E-state index contributed by atoms with van der Waals surface area (Å²) in [7, 11) is 0. The van der Waals surface area contributed by atoms with Crippen molar-refractivity contribution in [3.8, 4) is 0 Å². The predicted molar refractivity (Wildman–Crippen MR) is 361 cm³/mol. The van der Waals surface area contributed by atoms with Crippen LogP contribution in [0.1, 0.15) is 412 Å². The van der Waals surface area contributed by atoms with Gasteiger partial charge >= 0.3 is 5.97 Å². The van der Waals surface area contributed by atoms with Crippen LogP contribution in [0, 0.1) is 0 Å². The number of unbranched alkanes of at least 4 members (excludes halogenated alkanes) is 55. The third-order valence-electron chi connectivity index (χ3n) is 17.4. The van der Waals surface area contributed by atoms with E-state index in [9.17, 15) is 19.8 Å². The molecule has 0 radical (unpaired) electrons. The number of allylic oxidation sites excluding steroid dienone is 5. The van der Waals surface area contributed by atoms with Crippen molar-refractivity contribution in [2.24, 2.45) is 0 Å². The van der Waals surface area contributed by atoms with Crippen LogP contribution in [0.4, 0.5) is 0 Å². The summed E-state index contributed by atoms with van der Waals surface area (Å²) in [6.45, 7) is 4.92. The Bertz CT molecular complexity index is 1330. The minimum Gasteiger partial charge on any atom is -0.466 e. The average Bonchev–Trinajstić information content (AvgIpc) is 3.48. The molecule has 0 bridgehead atoms. The molecule has 6 heteroatoms. The van der Waals surface area contributed by atoms with Crippen molar-refractivity contribution in [2.75, 3.05) is 13.2 Å². The lowest BCUT2D eigenvalue weighted by atomic mass is 10.0. The Morgan fingerprint density at radius 2 is 0.610 bits per heavy atom. The maximum Gasteiger partial charge on any atom is 0.305 e. The van der Waals surface area contributed by atoms with E-state index in [1.54, 1.807) is 6.08 Å². The Morgan fingerprint density at radius 3 is 0.939 bits per heavy atom. The number of esters is 1. The fourth-order valence-corrected chi connectivity index (χ4v) is 11.7. The third-order valence-corrected chi connectivity index (χ3v) is 17.4. The van der Waals surface area contributed by atoms with Crippen LogP contribution in [0.2, 0.25) is 0 Å². The van der Waals surface area contributed by atoms with Gasteiger partial charge in [-0.3, -0.25) is 9.59 Å². The van der Waals surface area contributed by atoms with E-state index in [1.807, 2.05) is 6.08 Å².